The van der Waals surface area contributed by atoms with E-state index in [1.807, 2.05) is 4.57 Å². The zero-order valence-electron chi connectivity index (χ0n) is 17.9. The van der Waals surface area contributed by atoms with Crippen LogP contribution in [-0.2, 0) is 11.3 Å². The topological polar surface area (TPSA) is 76.9 Å². The molecule has 0 unspecified atom stereocenters. The summed E-state index contributed by atoms with van der Waals surface area (Å²) in [6, 6.07) is 13.2. The zero-order valence-corrected chi connectivity index (χ0v) is 18.7. The Balaban J connectivity index is 1.78. The van der Waals surface area contributed by atoms with Crippen molar-refractivity contribution in [2.75, 3.05) is 5.32 Å². The van der Waals surface area contributed by atoms with E-state index in [4.69, 9.17) is 0 Å². The lowest BCUT2D eigenvalue weighted by molar-refractivity contribution is -0.115. The highest BCUT2D eigenvalue weighted by Crippen LogP contribution is 2.29. The average Bonchev–Trinajstić information content (AvgIpc) is 3.10. The second-order valence-corrected chi connectivity index (χ2v) is 8.98. The van der Waals surface area contributed by atoms with Gasteiger partial charge in [0.25, 0.3) is 0 Å². The molecule has 3 rings (SSSR count). The molecular weight excluding hydrogens is 415 g/mol. The second-order valence-electron chi connectivity index (χ2n) is 7.67. The SMILES string of the molecule is CC(=O)c1ccc(NC(=O)[C@H](C)Sc2nnc(-c3ccccc3F)n2CC(C)C)cc1. The highest BCUT2D eigenvalue weighted by molar-refractivity contribution is 8.00. The van der Waals surface area contributed by atoms with Crippen LogP contribution in [-0.4, -0.2) is 31.7 Å². The maximum Gasteiger partial charge on any atom is 0.237 e. The molecule has 0 aliphatic carbocycles. The van der Waals surface area contributed by atoms with Gasteiger partial charge in [0, 0.05) is 17.8 Å². The van der Waals surface area contributed by atoms with Crippen molar-refractivity contribution in [2.45, 2.75) is 44.6 Å². The van der Waals surface area contributed by atoms with Gasteiger partial charge >= 0.3 is 0 Å². The normalized spacial score (nSPS) is 12.1. The minimum atomic E-state index is -0.462. The number of anilines is 1. The molecule has 0 saturated heterocycles. The van der Waals surface area contributed by atoms with Crippen molar-refractivity contribution in [1.29, 1.82) is 0 Å². The van der Waals surface area contributed by atoms with Crippen LogP contribution >= 0.6 is 11.8 Å². The van der Waals surface area contributed by atoms with Crippen molar-refractivity contribution in [2.24, 2.45) is 5.92 Å². The number of aromatic nitrogens is 3. The fourth-order valence-electron chi connectivity index (χ4n) is 2.99. The van der Waals surface area contributed by atoms with E-state index in [0.29, 0.717) is 34.3 Å². The van der Waals surface area contributed by atoms with Gasteiger partial charge in [0.05, 0.1) is 10.8 Å². The molecule has 1 aromatic heterocycles. The Kier molecular flexibility index (Phi) is 7.22. The summed E-state index contributed by atoms with van der Waals surface area (Å²) in [5.41, 5.74) is 1.58. The molecule has 2 aromatic carbocycles. The predicted octanol–water partition coefficient (Wildman–Crippen LogP) is 5.06. The lowest BCUT2D eigenvalue weighted by Gasteiger charge is -2.15. The van der Waals surface area contributed by atoms with Gasteiger partial charge in [0.1, 0.15) is 5.82 Å². The molecule has 3 aromatic rings. The van der Waals surface area contributed by atoms with Crippen LogP contribution in [0.3, 0.4) is 0 Å². The Labute approximate surface area is 185 Å². The zero-order chi connectivity index (χ0) is 22.5. The van der Waals surface area contributed by atoms with Gasteiger partial charge < -0.3 is 9.88 Å². The molecule has 0 radical (unpaired) electrons. The van der Waals surface area contributed by atoms with Gasteiger partial charge in [0.2, 0.25) is 5.91 Å². The molecule has 0 saturated carbocycles. The van der Waals surface area contributed by atoms with Crippen LogP contribution in [0.4, 0.5) is 10.1 Å². The van der Waals surface area contributed by atoms with Crippen molar-refractivity contribution in [3.8, 4) is 11.4 Å². The minimum Gasteiger partial charge on any atom is -0.325 e. The first-order valence-electron chi connectivity index (χ1n) is 10.0. The van der Waals surface area contributed by atoms with Crippen LogP contribution in [0.2, 0.25) is 0 Å². The maximum absolute atomic E-state index is 14.3. The number of carbonyl (C=O) groups excluding carboxylic acids is 2. The summed E-state index contributed by atoms with van der Waals surface area (Å²) in [5, 5.41) is 11.4. The minimum absolute atomic E-state index is 0.0306. The number of hydrogen-bond donors (Lipinski definition) is 1. The van der Waals surface area contributed by atoms with Crippen molar-refractivity contribution in [1.82, 2.24) is 14.8 Å². The molecular formula is C23H25FN4O2S. The van der Waals surface area contributed by atoms with Gasteiger partial charge in [-0.3, -0.25) is 9.59 Å². The molecule has 0 spiro atoms. The summed E-state index contributed by atoms with van der Waals surface area (Å²) >= 11 is 1.27. The van der Waals surface area contributed by atoms with Gasteiger partial charge in [-0.15, -0.1) is 10.2 Å². The number of rotatable bonds is 8. The number of nitrogens with zero attached hydrogens (tertiary/aromatic N) is 3. The summed E-state index contributed by atoms with van der Waals surface area (Å²) in [7, 11) is 0. The van der Waals surface area contributed by atoms with Crippen LogP contribution in [0.15, 0.2) is 53.7 Å². The van der Waals surface area contributed by atoms with Crippen LogP contribution < -0.4 is 5.32 Å². The fourth-order valence-corrected chi connectivity index (χ4v) is 3.85. The van der Waals surface area contributed by atoms with Gasteiger partial charge in [-0.25, -0.2) is 4.39 Å². The number of halogens is 1. The first-order valence-corrected chi connectivity index (χ1v) is 10.9. The maximum atomic E-state index is 14.3. The van der Waals surface area contributed by atoms with E-state index in [1.54, 1.807) is 49.4 Å². The summed E-state index contributed by atoms with van der Waals surface area (Å²) in [6.07, 6.45) is 0. The number of hydrogen-bond acceptors (Lipinski definition) is 5. The number of benzene rings is 2. The van der Waals surface area contributed by atoms with Crippen molar-refractivity contribution in [3.05, 3.63) is 59.9 Å². The molecule has 1 N–H and O–H groups in total. The summed E-state index contributed by atoms with van der Waals surface area (Å²) in [5.74, 6) is 0.131. The molecule has 1 heterocycles. The molecule has 162 valence electrons. The molecule has 31 heavy (non-hydrogen) atoms. The third-order valence-electron chi connectivity index (χ3n) is 4.59. The largest absolute Gasteiger partial charge is 0.325 e. The summed E-state index contributed by atoms with van der Waals surface area (Å²) < 4.78 is 16.2. The Morgan fingerprint density at radius 1 is 1.06 bits per heavy atom. The summed E-state index contributed by atoms with van der Waals surface area (Å²) in [6.45, 7) is 7.98. The van der Waals surface area contributed by atoms with Crippen LogP contribution in [0.5, 0.6) is 0 Å². The van der Waals surface area contributed by atoms with E-state index in [1.165, 1.54) is 24.8 Å². The van der Waals surface area contributed by atoms with Crippen molar-refractivity contribution < 1.29 is 14.0 Å². The Morgan fingerprint density at radius 2 is 1.74 bits per heavy atom. The Morgan fingerprint density at radius 3 is 2.35 bits per heavy atom. The molecule has 0 aliphatic heterocycles. The van der Waals surface area contributed by atoms with E-state index < -0.39 is 5.25 Å². The molecule has 6 nitrogen and oxygen atoms in total. The molecule has 0 bridgehead atoms. The van der Waals surface area contributed by atoms with E-state index >= 15 is 0 Å². The van der Waals surface area contributed by atoms with Gasteiger partial charge in [-0.05, 0) is 56.2 Å². The number of ketones is 1. The van der Waals surface area contributed by atoms with Crippen LogP contribution in [0.1, 0.15) is 38.1 Å². The van der Waals surface area contributed by atoms with Gasteiger partial charge in [-0.2, -0.15) is 0 Å². The Bertz CT molecular complexity index is 1080. The van der Waals surface area contributed by atoms with Crippen LogP contribution in [0.25, 0.3) is 11.4 Å². The average molecular weight is 441 g/mol. The standard InChI is InChI=1S/C23H25FN4O2S/c1-14(2)13-28-21(19-7-5-6-8-20(19)24)26-27-23(28)31-16(4)22(30)25-18-11-9-17(10-12-18)15(3)29/h5-12,14,16H,13H2,1-4H3,(H,25,30)/t16-/m0/s1. The predicted molar refractivity (Wildman–Crippen MR) is 121 cm³/mol. The van der Waals surface area contributed by atoms with E-state index in [-0.39, 0.29) is 23.4 Å². The first-order chi connectivity index (χ1) is 14.8. The number of thioether (sulfide) groups is 1. The molecule has 1 atom stereocenters. The number of Topliss-reactive ketones (excluding diaryl/α,β-unsaturated/α-hetero) is 1. The highest BCUT2D eigenvalue weighted by Gasteiger charge is 2.22. The lowest BCUT2D eigenvalue weighted by atomic mass is 10.1. The highest BCUT2D eigenvalue weighted by atomic mass is 32.2. The number of nitrogens with one attached hydrogen (secondary N) is 1. The monoisotopic (exact) mass is 440 g/mol. The molecule has 0 aliphatic rings. The first kappa shape index (κ1) is 22.7. The van der Waals surface area contributed by atoms with E-state index in [2.05, 4.69) is 29.4 Å². The third kappa shape index (κ3) is 5.58. The molecule has 8 heteroatoms. The Hall–Kier alpha value is -3.00. The molecule has 0 fully saturated rings. The number of carbonyl (C=O) groups is 2. The summed E-state index contributed by atoms with van der Waals surface area (Å²) in [4.78, 5) is 24.1. The smallest absolute Gasteiger partial charge is 0.237 e. The van der Waals surface area contributed by atoms with Crippen molar-refractivity contribution in [3.63, 3.8) is 0 Å². The van der Waals surface area contributed by atoms with Crippen LogP contribution in [0, 0.1) is 11.7 Å². The quantitative estimate of drug-likeness (QED) is 0.391. The third-order valence-corrected chi connectivity index (χ3v) is 5.67. The van der Waals surface area contributed by atoms with E-state index in [9.17, 15) is 14.0 Å². The van der Waals surface area contributed by atoms with Crippen molar-refractivity contribution >= 4 is 29.1 Å². The van der Waals surface area contributed by atoms with Gasteiger partial charge in [0.15, 0.2) is 16.8 Å². The van der Waals surface area contributed by atoms with E-state index in [0.717, 1.165) is 0 Å². The molecule has 1 amide bonds. The number of amides is 1. The second kappa shape index (κ2) is 9.87. The fraction of sp³-hybridized carbons (Fsp3) is 0.304. The van der Waals surface area contributed by atoms with Gasteiger partial charge in [-0.1, -0.05) is 37.7 Å². The lowest BCUT2D eigenvalue weighted by Crippen LogP contribution is -2.23.